The fourth-order valence-corrected chi connectivity index (χ4v) is 3.70. The minimum Gasteiger partial charge on any atom is -0.481 e. The van der Waals surface area contributed by atoms with E-state index in [1.165, 1.54) is 24.1 Å². The smallest absolute Gasteiger partial charge is 0.261 e. The van der Waals surface area contributed by atoms with E-state index in [4.69, 9.17) is 4.74 Å². The number of anilines is 1. The molecule has 0 unspecified atom stereocenters. The van der Waals surface area contributed by atoms with Gasteiger partial charge in [0.15, 0.2) is 6.10 Å². The molecule has 1 saturated heterocycles. The second-order valence-corrected chi connectivity index (χ2v) is 8.50. The molecule has 1 aliphatic heterocycles. The van der Waals surface area contributed by atoms with Gasteiger partial charge in [-0.2, -0.15) is 0 Å². The van der Waals surface area contributed by atoms with Gasteiger partial charge < -0.3 is 15.0 Å². The van der Waals surface area contributed by atoms with E-state index in [2.05, 4.69) is 48.3 Å². The van der Waals surface area contributed by atoms with E-state index in [-0.39, 0.29) is 11.9 Å². The number of carbonyl (C=O) groups excluding carboxylic acids is 1. The number of hydrogen-bond acceptors (Lipinski definition) is 3. The molecule has 4 nitrogen and oxygen atoms in total. The Hall–Kier alpha value is -2.49. The van der Waals surface area contributed by atoms with Crippen LogP contribution < -0.4 is 15.0 Å². The number of aryl methyl sites for hydroxylation is 2. The molecule has 156 valence electrons. The molecule has 1 fully saturated rings. The zero-order valence-corrected chi connectivity index (χ0v) is 18.4. The van der Waals surface area contributed by atoms with Gasteiger partial charge in [0.1, 0.15) is 5.75 Å². The predicted molar refractivity (Wildman–Crippen MR) is 120 cm³/mol. The van der Waals surface area contributed by atoms with Crippen molar-refractivity contribution in [2.24, 2.45) is 5.92 Å². The monoisotopic (exact) mass is 394 g/mol. The van der Waals surface area contributed by atoms with Gasteiger partial charge in [0, 0.05) is 18.8 Å². The van der Waals surface area contributed by atoms with Gasteiger partial charge in [-0.3, -0.25) is 4.79 Å². The highest BCUT2D eigenvalue weighted by Gasteiger charge is 2.19. The maximum Gasteiger partial charge on any atom is 0.261 e. The van der Waals surface area contributed by atoms with E-state index in [1.807, 2.05) is 32.0 Å². The van der Waals surface area contributed by atoms with Crippen LogP contribution in [0, 0.1) is 19.8 Å². The van der Waals surface area contributed by atoms with Gasteiger partial charge >= 0.3 is 0 Å². The quantitative estimate of drug-likeness (QED) is 0.733. The number of nitrogens with zero attached hydrogens (tertiary/aromatic N) is 1. The fourth-order valence-electron chi connectivity index (χ4n) is 3.70. The second kappa shape index (κ2) is 9.34. The van der Waals surface area contributed by atoms with Crippen molar-refractivity contribution < 1.29 is 9.53 Å². The molecule has 0 aromatic heterocycles. The molecule has 1 N–H and O–H groups in total. The van der Waals surface area contributed by atoms with Gasteiger partial charge in [0.05, 0.1) is 6.04 Å². The van der Waals surface area contributed by atoms with Crippen LogP contribution in [0.15, 0.2) is 42.5 Å². The van der Waals surface area contributed by atoms with Crippen molar-refractivity contribution in [3.8, 4) is 5.75 Å². The summed E-state index contributed by atoms with van der Waals surface area (Å²) in [5.41, 5.74) is 4.74. The van der Waals surface area contributed by atoms with Gasteiger partial charge in [-0.15, -0.1) is 0 Å². The second-order valence-electron chi connectivity index (χ2n) is 8.50. The largest absolute Gasteiger partial charge is 0.481 e. The maximum atomic E-state index is 12.6. The SMILES string of the molecule is Cc1ccc(O[C@H](C)C(=O)N[C@H](C)c2ccc(N3CCC(C)CC3)cc2)cc1C. The van der Waals surface area contributed by atoms with Crippen LogP contribution in [0.3, 0.4) is 0 Å². The van der Waals surface area contributed by atoms with E-state index in [1.54, 1.807) is 6.92 Å². The molecule has 1 heterocycles. The number of benzene rings is 2. The van der Waals surface area contributed by atoms with Crippen LogP contribution in [-0.4, -0.2) is 25.1 Å². The van der Waals surface area contributed by atoms with E-state index in [0.717, 1.165) is 35.9 Å². The van der Waals surface area contributed by atoms with Crippen molar-refractivity contribution in [3.05, 3.63) is 59.2 Å². The van der Waals surface area contributed by atoms with E-state index in [9.17, 15) is 4.79 Å². The predicted octanol–water partition coefficient (Wildman–Crippen LogP) is 5.18. The minimum absolute atomic E-state index is 0.0660. The first-order chi connectivity index (χ1) is 13.8. The van der Waals surface area contributed by atoms with Crippen LogP contribution in [0.1, 0.15) is 56.3 Å². The number of hydrogen-bond donors (Lipinski definition) is 1. The zero-order valence-electron chi connectivity index (χ0n) is 18.4. The van der Waals surface area contributed by atoms with Crippen LogP contribution in [0.5, 0.6) is 5.75 Å². The van der Waals surface area contributed by atoms with Crippen LogP contribution in [0.25, 0.3) is 0 Å². The molecular formula is C25H34N2O2. The summed E-state index contributed by atoms with van der Waals surface area (Å²) in [7, 11) is 0. The van der Waals surface area contributed by atoms with Gasteiger partial charge in [-0.25, -0.2) is 0 Å². The van der Waals surface area contributed by atoms with Crippen molar-refractivity contribution in [1.82, 2.24) is 5.32 Å². The number of rotatable bonds is 6. The van der Waals surface area contributed by atoms with E-state index >= 15 is 0 Å². The Morgan fingerprint density at radius 3 is 2.31 bits per heavy atom. The third kappa shape index (κ3) is 5.53. The summed E-state index contributed by atoms with van der Waals surface area (Å²) in [6.07, 6.45) is 1.97. The summed E-state index contributed by atoms with van der Waals surface area (Å²) < 4.78 is 5.84. The molecule has 2 aromatic carbocycles. The first-order valence-electron chi connectivity index (χ1n) is 10.7. The van der Waals surface area contributed by atoms with Crippen molar-refractivity contribution >= 4 is 11.6 Å². The van der Waals surface area contributed by atoms with Gasteiger partial charge in [0.25, 0.3) is 5.91 Å². The van der Waals surface area contributed by atoms with E-state index in [0.29, 0.717) is 0 Å². The Balaban J connectivity index is 1.55. The highest BCUT2D eigenvalue weighted by Crippen LogP contribution is 2.25. The Morgan fingerprint density at radius 2 is 1.69 bits per heavy atom. The first-order valence-corrected chi connectivity index (χ1v) is 10.7. The van der Waals surface area contributed by atoms with Crippen molar-refractivity contribution in [1.29, 1.82) is 0 Å². The summed E-state index contributed by atoms with van der Waals surface area (Å²) in [6, 6.07) is 14.4. The first kappa shape index (κ1) is 21.2. The lowest BCUT2D eigenvalue weighted by atomic mass is 9.98. The number of amides is 1. The molecule has 2 atom stereocenters. The molecule has 0 spiro atoms. The zero-order chi connectivity index (χ0) is 21.0. The Bertz CT molecular complexity index is 823. The average Bonchev–Trinajstić information content (AvgIpc) is 2.71. The summed E-state index contributed by atoms with van der Waals surface area (Å²) in [4.78, 5) is 15.0. The third-order valence-corrected chi connectivity index (χ3v) is 6.06. The van der Waals surface area contributed by atoms with Gasteiger partial charge in [-0.05, 0) is 87.4 Å². The van der Waals surface area contributed by atoms with Crippen LogP contribution in [-0.2, 0) is 4.79 Å². The lowest BCUT2D eigenvalue weighted by molar-refractivity contribution is -0.127. The molecule has 4 heteroatoms. The van der Waals surface area contributed by atoms with E-state index < -0.39 is 6.10 Å². The number of ether oxygens (including phenoxy) is 1. The minimum atomic E-state index is -0.547. The van der Waals surface area contributed by atoms with Crippen LogP contribution in [0.4, 0.5) is 5.69 Å². The molecule has 3 rings (SSSR count). The molecule has 0 radical (unpaired) electrons. The van der Waals surface area contributed by atoms with Gasteiger partial charge in [-0.1, -0.05) is 25.1 Å². The van der Waals surface area contributed by atoms with Gasteiger partial charge in [0.2, 0.25) is 0 Å². The number of carbonyl (C=O) groups is 1. The summed E-state index contributed by atoms with van der Waals surface area (Å²) >= 11 is 0. The Kier molecular flexibility index (Phi) is 6.83. The van der Waals surface area contributed by atoms with Crippen molar-refractivity contribution in [2.75, 3.05) is 18.0 Å². The van der Waals surface area contributed by atoms with Crippen molar-refractivity contribution in [2.45, 2.75) is 59.6 Å². The molecule has 2 aromatic rings. The number of piperidine rings is 1. The van der Waals surface area contributed by atoms with Crippen LogP contribution >= 0.6 is 0 Å². The maximum absolute atomic E-state index is 12.6. The molecule has 0 bridgehead atoms. The van der Waals surface area contributed by atoms with Crippen LogP contribution in [0.2, 0.25) is 0 Å². The Morgan fingerprint density at radius 1 is 1.03 bits per heavy atom. The molecule has 1 amide bonds. The molecule has 0 aliphatic carbocycles. The highest BCUT2D eigenvalue weighted by molar-refractivity contribution is 5.81. The standard InChI is InChI=1S/C25H34N2O2/c1-17-12-14-27(15-13-17)23-9-7-22(8-10-23)20(4)26-25(28)21(5)29-24-11-6-18(2)19(3)16-24/h6-11,16-17,20-21H,12-15H2,1-5H3,(H,26,28)/t20-,21-/m1/s1. The molecule has 29 heavy (non-hydrogen) atoms. The topological polar surface area (TPSA) is 41.6 Å². The third-order valence-electron chi connectivity index (χ3n) is 6.06. The number of nitrogens with one attached hydrogen (secondary N) is 1. The average molecular weight is 395 g/mol. The lowest BCUT2D eigenvalue weighted by Crippen LogP contribution is -2.37. The highest BCUT2D eigenvalue weighted by atomic mass is 16.5. The molecule has 0 saturated carbocycles. The summed E-state index contributed by atoms with van der Waals surface area (Å²) in [6.45, 7) is 12.5. The van der Waals surface area contributed by atoms with Crippen molar-refractivity contribution in [3.63, 3.8) is 0 Å². The normalized spacial score (nSPS) is 16.9. The fraction of sp³-hybridized carbons (Fsp3) is 0.480. The molecule has 1 aliphatic rings. The summed E-state index contributed by atoms with van der Waals surface area (Å²) in [5.74, 6) is 1.45. The Labute approximate surface area is 175 Å². The summed E-state index contributed by atoms with van der Waals surface area (Å²) in [5, 5.41) is 3.07. The molecular weight excluding hydrogens is 360 g/mol. The lowest BCUT2D eigenvalue weighted by Gasteiger charge is -2.32.